The van der Waals surface area contributed by atoms with Gasteiger partial charge in [0.25, 0.3) is 5.71 Å². The summed E-state index contributed by atoms with van der Waals surface area (Å²) in [4.78, 5) is 12.7. The summed E-state index contributed by atoms with van der Waals surface area (Å²) in [6.07, 6.45) is 3.85. The zero-order valence-corrected chi connectivity index (χ0v) is 7.32. The van der Waals surface area contributed by atoms with Crippen molar-refractivity contribution < 1.29 is 4.42 Å². The van der Waals surface area contributed by atoms with Crippen LogP contribution in [0, 0.1) is 6.92 Å². The van der Waals surface area contributed by atoms with E-state index in [2.05, 4.69) is 15.0 Å². The van der Waals surface area contributed by atoms with Gasteiger partial charge >= 0.3 is 0 Å². The van der Waals surface area contributed by atoms with Crippen LogP contribution in [0.5, 0.6) is 0 Å². The molecule has 0 bridgehead atoms. The SMILES string of the molecule is Cc1nc2ncoc2nc1C1CC1. The van der Waals surface area contributed by atoms with E-state index in [-0.39, 0.29) is 0 Å². The first-order valence-corrected chi connectivity index (χ1v) is 4.42. The van der Waals surface area contributed by atoms with Gasteiger partial charge in [-0.1, -0.05) is 0 Å². The Labute approximate surface area is 75.0 Å². The Morgan fingerprint density at radius 3 is 3.00 bits per heavy atom. The normalized spacial score (nSPS) is 16.7. The van der Waals surface area contributed by atoms with Crippen molar-refractivity contribution in [3.05, 3.63) is 17.8 Å². The number of hydrogen-bond acceptors (Lipinski definition) is 4. The molecule has 3 rings (SSSR count). The predicted octanol–water partition coefficient (Wildman–Crippen LogP) is 1.80. The molecule has 1 saturated carbocycles. The van der Waals surface area contributed by atoms with Gasteiger partial charge in [-0.25, -0.2) is 9.97 Å². The first kappa shape index (κ1) is 7.00. The lowest BCUT2D eigenvalue weighted by atomic mass is 10.2. The van der Waals surface area contributed by atoms with E-state index in [1.165, 1.54) is 19.2 Å². The van der Waals surface area contributed by atoms with Gasteiger partial charge in [-0.15, -0.1) is 0 Å². The molecule has 13 heavy (non-hydrogen) atoms. The number of fused-ring (bicyclic) bond motifs is 1. The molecule has 66 valence electrons. The minimum Gasteiger partial charge on any atom is -0.424 e. The molecule has 2 aromatic heterocycles. The first-order valence-electron chi connectivity index (χ1n) is 4.42. The topological polar surface area (TPSA) is 51.8 Å². The van der Waals surface area contributed by atoms with Crippen molar-refractivity contribution in [1.82, 2.24) is 15.0 Å². The molecule has 0 atom stereocenters. The zero-order valence-electron chi connectivity index (χ0n) is 7.32. The van der Waals surface area contributed by atoms with E-state index < -0.39 is 0 Å². The highest BCUT2D eigenvalue weighted by Gasteiger charge is 2.28. The van der Waals surface area contributed by atoms with Crippen LogP contribution in [0.3, 0.4) is 0 Å². The van der Waals surface area contributed by atoms with E-state index in [9.17, 15) is 0 Å². The molecular weight excluding hydrogens is 166 g/mol. The highest BCUT2D eigenvalue weighted by molar-refractivity contribution is 5.62. The summed E-state index contributed by atoms with van der Waals surface area (Å²) >= 11 is 0. The lowest BCUT2D eigenvalue weighted by molar-refractivity contribution is 0.588. The Morgan fingerprint density at radius 1 is 1.38 bits per heavy atom. The molecule has 1 aliphatic carbocycles. The molecule has 0 aromatic carbocycles. The van der Waals surface area contributed by atoms with Crippen molar-refractivity contribution in [1.29, 1.82) is 0 Å². The number of aryl methyl sites for hydroxylation is 1. The van der Waals surface area contributed by atoms with Crippen LogP contribution in [-0.4, -0.2) is 15.0 Å². The molecule has 1 fully saturated rings. The van der Waals surface area contributed by atoms with Gasteiger partial charge in [-0.3, -0.25) is 0 Å². The van der Waals surface area contributed by atoms with Gasteiger partial charge in [0.15, 0.2) is 6.39 Å². The van der Waals surface area contributed by atoms with Gasteiger partial charge in [0.2, 0.25) is 5.65 Å². The third-order valence-electron chi connectivity index (χ3n) is 2.36. The Hall–Kier alpha value is -1.45. The Balaban J connectivity index is 2.27. The van der Waals surface area contributed by atoms with Gasteiger partial charge in [-0.05, 0) is 19.8 Å². The third kappa shape index (κ3) is 1.02. The number of hydrogen-bond donors (Lipinski definition) is 0. The first-order chi connectivity index (χ1) is 6.34. The molecule has 0 amide bonds. The van der Waals surface area contributed by atoms with E-state index in [0.29, 0.717) is 17.3 Å². The van der Waals surface area contributed by atoms with E-state index in [4.69, 9.17) is 4.42 Å². The summed E-state index contributed by atoms with van der Waals surface area (Å²) in [6.45, 7) is 1.98. The smallest absolute Gasteiger partial charge is 0.266 e. The summed E-state index contributed by atoms with van der Waals surface area (Å²) in [7, 11) is 0. The second-order valence-electron chi connectivity index (χ2n) is 3.45. The second-order valence-corrected chi connectivity index (χ2v) is 3.45. The fourth-order valence-corrected chi connectivity index (χ4v) is 1.54. The molecule has 0 aliphatic heterocycles. The van der Waals surface area contributed by atoms with Gasteiger partial charge in [0, 0.05) is 5.92 Å². The average Bonchev–Trinajstić information content (AvgIpc) is 2.85. The summed E-state index contributed by atoms with van der Waals surface area (Å²) in [6, 6.07) is 0. The van der Waals surface area contributed by atoms with Crippen molar-refractivity contribution in [2.75, 3.05) is 0 Å². The lowest BCUT2D eigenvalue weighted by Gasteiger charge is -1.99. The summed E-state index contributed by atoms with van der Waals surface area (Å²) in [5.74, 6) is 0.613. The molecule has 2 heterocycles. The Morgan fingerprint density at radius 2 is 2.23 bits per heavy atom. The van der Waals surface area contributed by atoms with Crippen LogP contribution in [0.2, 0.25) is 0 Å². The minimum absolute atomic E-state index is 0.562. The average molecular weight is 175 g/mol. The van der Waals surface area contributed by atoms with E-state index >= 15 is 0 Å². The van der Waals surface area contributed by atoms with Crippen LogP contribution in [-0.2, 0) is 0 Å². The maximum absolute atomic E-state index is 5.11. The largest absolute Gasteiger partial charge is 0.424 e. The van der Waals surface area contributed by atoms with Crippen molar-refractivity contribution in [2.45, 2.75) is 25.7 Å². The molecule has 0 spiro atoms. The number of oxazole rings is 1. The van der Waals surface area contributed by atoms with Crippen molar-refractivity contribution in [3.63, 3.8) is 0 Å². The molecule has 4 nitrogen and oxygen atoms in total. The highest BCUT2D eigenvalue weighted by Crippen LogP contribution is 2.40. The van der Waals surface area contributed by atoms with Crippen molar-refractivity contribution in [3.8, 4) is 0 Å². The van der Waals surface area contributed by atoms with Crippen LogP contribution in [0.15, 0.2) is 10.8 Å². The number of aromatic nitrogens is 3. The summed E-state index contributed by atoms with van der Waals surface area (Å²) < 4.78 is 5.11. The van der Waals surface area contributed by atoms with Crippen LogP contribution in [0.4, 0.5) is 0 Å². The van der Waals surface area contributed by atoms with Crippen LogP contribution >= 0.6 is 0 Å². The molecular formula is C9H9N3O. The van der Waals surface area contributed by atoms with E-state index in [1.807, 2.05) is 6.92 Å². The van der Waals surface area contributed by atoms with Crippen LogP contribution in [0.1, 0.15) is 30.1 Å². The number of nitrogens with zero attached hydrogens (tertiary/aromatic N) is 3. The molecule has 1 aliphatic rings. The Bertz CT molecular complexity index is 459. The van der Waals surface area contributed by atoms with Gasteiger partial charge in [0.05, 0.1) is 11.4 Å². The van der Waals surface area contributed by atoms with Crippen LogP contribution < -0.4 is 0 Å². The Kier molecular flexibility index (Phi) is 1.23. The standard InChI is InChI=1S/C9H9N3O/c1-5-7(6-2-3-6)12-9-8(11-5)10-4-13-9/h4,6H,2-3H2,1H3. The fourth-order valence-electron chi connectivity index (χ4n) is 1.54. The highest BCUT2D eigenvalue weighted by atomic mass is 16.3. The molecule has 0 saturated heterocycles. The van der Waals surface area contributed by atoms with E-state index in [0.717, 1.165) is 11.4 Å². The lowest BCUT2D eigenvalue weighted by Crippen LogP contribution is -1.95. The summed E-state index contributed by atoms with van der Waals surface area (Å²) in [5, 5.41) is 0. The second kappa shape index (κ2) is 2.28. The molecule has 0 radical (unpaired) electrons. The zero-order chi connectivity index (χ0) is 8.84. The van der Waals surface area contributed by atoms with Crippen molar-refractivity contribution >= 4 is 11.4 Å². The maximum atomic E-state index is 5.11. The molecule has 2 aromatic rings. The monoisotopic (exact) mass is 175 g/mol. The maximum Gasteiger partial charge on any atom is 0.266 e. The minimum atomic E-state index is 0.562. The van der Waals surface area contributed by atoms with Gasteiger partial charge in [0.1, 0.15) is 0 Å². The van der Waals surface area contributed by atoms with Gasteiger partial charge < -0.3 is 4.42 Å². The molecule has 0 unspecified atom stereocenters. The van der Waals surface area contributed by atoms with E-state index in [1.54, 1.807) is 0 Å². The van der Waals surface area contributed by atoms with Crippen LogP contribution in [0.25, 0.3) is 11.4 Å². The number of rotatable bonds is 1. The molecule has 4 heteroatoms. The van der Waals surface area contributed by atoms with Crippen molar-refractivity contribution in [2.24, 2.45) is 0 Å². The quantitative estimate of drug-likeness (QED) is 0.663. The molecule has 0 N–H and O–H groups in total. The van der Waals surface area contributed by atoms with Gasteiger partial charge in [-0.2, -0.15) is 4.98 Å². The summed E-state index contributed by atoms with van der Waals surface area (Å²) in [5.41, 5.74) is 3.25. The predicted molar refractivity (Wildman–Crippen MR) is 46.3 cm³/mol. The fraction of sp³-hybridized carbons (Fsp3) is 0.444. The third-order valence-corrected chi connectivity index (χ3v) is 2.36.